The van der Waals surface area contributed by atoms with Crippen molar-refractivity contribution in [3.63, 3.8) is 0 Å². The molecule has 1 aromatic carbocycles. The topological polar surface area (TPSA) is 70.8 Å². The molecule has 2 heterocycles. The van der Waals surface area contributed by atoms with Gasteiger partial charge >= 0.3 is 0 Å². The highest BCUT2D eigenvalue weighted by atomic mass is 16.5. The lowest BCUT2D eigenvalue weighted by atomic mass is 10.3. The summed E-state index contributed by atoms with van der Waals surface area (Å²) < 4.78 is 4.94. The number of aryl methyl sites for hydroxylation is 1. The number of H-pyrrole nitrogens is 1. The van der Waals surface area contributed by atoms with Crippen molar-refractivity contribution >= 4 is 17.0 Å². The molecule has 0 radical (unpaired) electrons. The van der Waals surface area contributed by atoms with Crippen molar-refractivity contribution in [2.24, 2.45) is 0 Å². The number of imidazole rings is 1. The van der Waals surface area contributed by atoms with Crippen molar-refractivity contribution in [3.05, 3.63) is 36.0 Å². The Morgan fingerprint density at radius 2 is 2.11 bits per heavy atom. The minimum atomic E-state index is 0.553. The number of nitrogens with zero attached hydrogens (tertiary/aromatic N) is 4. The molecule has 0 fully saturated rings. The zero-order valence-electron chi connectivity index (χ0n) is 10.2. The lowest BCUT2D eigenvalue weighted by Crippen LogP contribution is -2.18. The molecular weight excluding hydrogens is 230 g/mol. The molecule has 3 rings (SSSR count). The Bertz CT molecular complexity index is 639. The molecule has 0 bridgehead atoms. The van der Waals surface area contributed by atoms with Gasteiger partial charge < -0.3 is 14.4 Å². The van der Waals surface area contributed by atoms with Crippen molar-refractivity contribution in [3.8, 4) is 0 Å². The maximum Gasteiger partial charge on any atom is 0.223 e. The molecule has 2 aromatic heterocycles. The average Bonchev–Trinajstić information content (AvgIpc) is 2.95. The Labute approximate surface area is 104 Å². The summed E-state index contributed by atoms with van der Waals surface area (Å²) in [6.45, 7) is 2.33. The van der Waals surface area contributed by atoms with Crippen LogP contribution in [0.2, 0.25) is 0 Å². The van der Waals surface area contributed by atoms with Gasteiger partial charge in [-0.25, -0.2) is 4.98 Å². The summed E-state index contributed by atoms with van der Waals surface area (Å²) in [7, 11) is 1.93. The summed E-state index contributed by atoms with van der Waals surface area (Å²) in [4.78, 5) is 13.9. The maximum absolute atomic E-state index is 4.94. The van der Waals surface area contributed by atoms with Crippen LogP contribution in [0.4, 0.5) is 5.95 Å². The number of hydrogen-bond donors (Lipinski definition) is 1. The number of aromatic amines is 1. The van der Waals surface area contributed by atoms with Crippen LogP contribution < -0.4 is 4.90 Å². The standard InChI is InChI=1S/C12H13N5O/c1-8-13-11(16-18-8)7-17(2)12-14-9-5-3-4-6-10(9)15-12/h3-6H,7H2,1-2H3,(H,14,15). The largest absolute Gasteiger partial charge is 0.340 e. The van der Waals surface area contributed by atoms with Crippen molar-refractivity contribution in [1.29, 1.82) is 0 Å². The van der Waals surface area contributed by atoms with Gasteiger partial charge in [0.05, 0.1) is 17.6 Å². The third-order valence-electron chi connectivity index (χ3n) is 2.69. The summed E-state index contributed by atoms with van der Waals surface area (Å²) in [5.74, 6) is 2.01. The summed E-state index contributed by atoms with van der Waals surface area (Å²) in [5, 5.41) is 3.87. The van der Waals surface area contributed by atoms with E-state index >= 15 is 0 Å². The van der Waals surface area contributed by atoms with Gasteiger partial charge in [0.1, 0.15) is 0 Å². The maximum atomic E-state index is 4.94. The second kappa shape index (κ2) is 4.14. The number of nitrogens with one attached hydrogen (secondary N) is 1. The van der Waals surface area contributed by atoms with E-state index in [1.807, 2.05) is 36.2 Å². The van der Waals surface area contributed by atoms with E-state index in [0.29, 0.717) is 18.3 Å². The van der Waals surface area contributed by atoms with Gasteiger partial charge in [-0.05, 0) is 12.1 Å². The number of para-hydroxylation sites is 2. The molecule has 0 saturated carbocycles. The zero-order chi connectivity index (χ0) is 12.5. The highest BCUT2D eigenvalue weighted by molar-refractivity contribution is 5.77. The Hall–Kier alpha value is -2.37. The fraction of sp³-hybridized carbons (Fsp3) is 0.250. The highest BCUT2D eigenvalue weighted by Crippen LogP contribution is 2.16. The van der Waals surface area contributed by atoms with E-state index in [4.69, 9.17) is 4.52 Å². The smallest absolute Gasteiger partial charge is 0.223 e. The molecule has 1 N–H and O–H groups in total. The van der Waals surface area contributed by atoms with Crippen molar-refractivity contribution in [2.45, 2.75) is 13.5 Å². The van der Waals surface area contributed by atoms with E-state index in [0.717, 1.165) is 17.0 Å². The molecule has 0 atom stereocenters. The third kappa shape index (κ3) is 1.92. The molecule has 0 aliphatic carbocycles. The summed E-state index contributed by atoms with van der Waals surface area (Å²) in [5.41, 5.74) is 1.97. The van der Waals surface area contributed by atoms with Gasteiger partial charge in [-0.1, -0.05) is 17.3 Å². The van der Waals surface area contributed by atoms with Gasteiger partial charge in [0, 0.05) is 14.0 Å². The number of aromatic nitrogens is 4. The van der Waals surface area contributed by atoms with Gasteiger partial charge in [0.2, 0.25) is 11.8 Å². The number of hydrogen-bond acceptors (Lipinski definition) is 5. The van der Waals surface area contributed by atoms with Crippen molar-refractivity contribution in [1.82, 2.24) is 20.1 Å². The van der Waals surface area contributed by atoms with Crippen LogP contribution in [-0.2, 0) is 6.54 Å². The number of fused-ring (bicyclic) bond motifs is 1. The third-order valence-corrected chi connectivity index (χ3v) is 2.69. The van der Waals surface area contributed by atoms with Crippen LogP contribution in [0.15, 0.2) is 28.8 Å². The molecule has 6 nitrogen and oxygen atoms in total. The van der Waals surface area contributed by atoms with E-state index in [2.05, 4.69) is 20.1 Å². The first kappa shape index (κ1) is 10.8. The SMILES string of the molecule is Cc1nc(CN(C)c2nc3ccccc3[nH]2)no1. The molecule has 0 aliphatic rings. The summed E-state index contributed by atoms with van der Waals surface area (Å²) >= 11 is 0. The minimum absolute atomic E-state index is 0.553. The number of benzene rings is 1. The van der Waals surface area contributed by atoms with E-state index in [-0.39, 0.29) is 0 Å². The second-order valence-corrected chi connectivity index (χ2v) is 4.16. The van der Waals surface area contributed by atoms with Crippen LogP contribution >= 0.6 is 0 Å². The lowest BCUT2D eigenvalue weighted by Gasteiger charge is -2.12. The Morgan fingerprint density at radius 1 is 1.28 bits per heavy atom. The van der Waals surface area contributed by atoms with Gasteiger partial charge in [0.15, 0.2) is 5.82 Å². The van der Waals surface area contributed by atoms with Gasteiger partial charge in [-0.2, -0.15) is 4.98 Å². The van der Waals surface area contributed by atoms with E-state index in [1.165, 1.54) is 0 Å². The first-order chi connectivity index (χ1) is 8.72. The van der Waals surface area contributed by atoms with Gasteiger partial charge in [-0.3, -0.25) is 0 Å². The molecule has 0 spiro atoms. The predicted molar refractivity (Wildman–Crippen MR) is 67.2 cm³/mol. The van der Waals surface area contributed by atoms with Crippen LogP contribution in [0.3, 0.4) is 0 Å². The molecule has 18 heavy (non-hydrogen) atoms. The van der Waals surface area contributed by atoms with Crippen LogP contribution in [0.5, 0.6) is 0 Å². The summed E-state index contributed by atoms with van der Waals surface area (Å²) in [6.07, 6.45) is 0. The first-order valence-electron chi connectivity index (χ1n) is 5.67. The monoisotopic (exact) mass is 243 g/mol. The number of anilines is 1. The molecule has 6 heteroatoms. The van der Waals surface area contributed by atoms with Crippen LogP contribution in [0.1, 0.15) is 11.7 Å². The zero-order valence-corrected chi connectivity index (χ0v) is 10.2. The first-order valence-corrected chi connectivity index (χ1v) is 5.67. The Morgan fingerprint density at radius 3 is 2.83 bits per heavy atom. The van der Waals surface area contributed by atoms with Crippen molar-refractivity contribution < 1.29 is 4.52 Å². The lowest BCUT2D eigenvalue weighted by molar-refractivity contribution is 0.387. The molecule has 92 valence electrons. The van der Waals surface area contributed by atoms with Crippen LogP contribution in [0, 0.1) is 6.92 Å². The fourth-order valence-electron chi connectivity index (χ4n) is 1.81. The van der Waals surface area contributed by atoms with Gasteiger partial charge in [-0.15, -0.1) is 0 Å². The molecule has 0 unspecified atom stereocenters. The molecule has 0 amide bonds. The predicted octanol–water partition coefficient (Wildman–Crippen LogP) is 1.89. The molecule has 0 saturated heterocycles. The molecule has 0 aliphatic heterocycles. The van der Waals surface area contributed by atoms with Gasteiger partial charge in [0.25, 0.3) is 0 Å². The Kier molecular flexibility index (Phi) is 2.47. The Balaban J connectivity index is 1.85. The van der Waals surface area contributed by atoms with Crippen LogP contribution in [0.25, 0.3) is 11.0 Å². The van der Waals surface area contributed by atoms with Crippen LogP contribution in [-0.4, -0.2) is 27.2 Å². The second-order valence-electron chi connectivity index (χ2n) is 4.16. The minimum Gasteiger partial charge on any atom is -0.340 e. The summed E-state index contributed by atoms with van der Waals surface area (Å²) in [6, 6.07) is 7.92. The fourth-order valence-corrected chi connectivity index (χ4v) is 1.81. The number of rotatable bonds is 3. The average molecular weight is 243 g/mol. The van der Waals surface area contributed by atoms with E-state index in [9.17, 15) is 0 Å². The normalized spacial score (nSPS) is 11.0. The highest BCUT2D eigenvalue weighted by Gasteiger charge is 2.10. The van der Waals surface area contributed by atoms with E-state index in [1.54, 1.807) is 6.92 Å². The van der Waals surface area contributed by atoms with E-state index < -0.39 is 0 Å². The molecule has 3 aromatic rings. The molecular formula is C12H13N5O. The quantitative estimate of drug-likeness (QED) is 0.760. The van der Waals surface area contributed by atoms with Crippen molar-refractivity contribution in [2.75, 3.05) is 11.9 Å².